The quantitative estimate of drug-likeness (QED) is 0.691. The summed E-state index contributed by atoms with van der Waals surface area (Å²) < 4.78 is 7.24. The minimum absolute atomic E-state index is 0.290. The second-order valence-electron chi connectivity index (χ2n) is 6.18. The summed E-state index contributed by atoms with van der Waals surface area (Å²) in [6, 6.07) is 19.3. The van der Waals surface area contributed by atoms with Crippen molar-refractivity contribution in [1.82, 2.24) is 0 Å². The van der Waals surface area contributed by atoms with Gasteiger partial charge in [-0.1, -0.05) is 0 Å². The molecule has 1 heterocycles. The van der Waals surface area contributed by atoms with E-state index in [0.717, 1.165) is 11.2 Å². The average molecular weight is 384 g/mol. The molecule has 1 atom stereocenters. The Bertz CT molecular complexity index is 722. The molecule has 2 aromatic rings. The number of aliphatic imine (C=N–C) groups is 1. The van der Waals surface area contributed by atoms with E-state index in [-0.39, 0.29) is 0 Å². The summed E-state index contributed by atoms with van der Waals surface area (Å²) in [5, 5.41) is 1.07. The maximum absolute atomic E-state index is 5.87. The van der Waals surface area contributed by atoms with E-state index in [1.807, 2.05) is 6.07 Å². The molecule has 0 aliphatic carbocycles. The van der Waals surface area contributed by atoms with Crippen LogP contribution in [0.2, 0.25) is 5.32 Å². The topological polar surface area (TPSA) is 21.6 Å². The van der Waals surface area contributed by atoms with Crippen LogP contribution in [-0.2, 0) is 4.74 Å². The molecule has 2 aromatic carbocycles. The first kappa shape index (κ1) is 17.0. The molecule has 0 fully saturated rings. The molecule has 0 N–H and O–H groups in total. The molecule has 0 aromatic heterocycles. The predicted octanol–water partition coefficient (Wildman–Crippen LogP) is 3.95. The SMILES string of the molecule is CC(C)[C@@H]1COC(c2ccccc2[Se]C/C=C/c2ccccc2)=N1. The molecule has 1 aliphatic rings. The Kier molecular flexibility index (Phi) is 5.90. The number of hydrogen-bond acceptors (Lipinski definition) is 2. The Labute approximate surface area is 150 Å². The van der Waals surface area contributed by atoms with Crippen LogP contribution in [-0.4, -0.2) is 33.5 Å². The summed E-state index contributed by atoms with van der Waals surface area (Å²) in [4.78, 5) is 4.78. The van der Waals surface area contributed by atoms with Gasteiger partial charge < -0.3 is 0 Å². The summed E-state index contributed by atoms with van der Waals surface area (Å²) in [6.45, 7) is 5.11. The molecule has 3 heteroatoms. The number of benzene rings is 2. The van der Waals surface area contributed by atoms with Crippen LogP contribution in [0.5, 0.6) is 0 Å². The van der Waals surface area contributed by atoms with E-state index >= 15 is 0 Å². The molecule has 0 spiro atoms. The van der Waals surface area contributed by atoms with Gasteiger partial charge in [0.25, 0.3) is 0 Å². The van der Waals surface area contributed by atoms with E-state index in [1.165, 1.54) is 15.6 Å². The first-order valence-corrected chi connectivity index (χ1v) is 10.4. The normalized spacial score (nSPS) is 17.3. The number of hydrogen-bond donors (Lipinski definition) is 0. The summed E-state index contributed by atoms with van der Waals surface area (Å²) in [5.74, 6) is 1.35. The van der Waals surface area contributed by atoms with Gasteiger partial charge in [-0.05, 0) is 0 Å². The molecule has 0 saturated heterocycles. The third-order valence-corrected chi connectivity index (χ3v) is 6.16. The Morgan fingerprint density at radius 3 is 2.62 bits per heavy atom. The van der Waals surface area contributed by atoms with Crippen molar-refractivity contribution in [3.63, 3.8) is 0 Å². The Balaban J connectivity index is 1.67. The second kappa shape index (κ2) is 8.32. The fourth-order valence-electron chi connectivity index (χ4n) is 2.53. The maximum atomic E-state index is 5.87. The Morgan fingerprint density at radius 1 is 1.12 bits per heavy atom. The summed E-state index contributed by atoms with van der Waals surface area (Å²) >= 11 is 0.379. The van der Waals surface area contributed by atoms with Crippen molar-refractivity contribution in [1.29, 1.82) is 0 Å². The van der Waals surface area contributed by atoms with Gasteiger partial charge in [-0.15, -0.1) is 0 Å². The van der Waals surface area contributed by atoms with Gasteiger partial charge in [0.2, 0.25) is 0 Å². The molecule has 0 unspecified atom stereocenters. The van der Waals surface area contributed by atoms with Crippen molar-refractivity contribution >= 4 is 31.4 Å². The zero-order valence-electron chi connectivity index (χ0n) is 14.2. The Hall–Kier alpha value is -1.83. The fraction of sp³-hybridized carbons (Fsp3) is 0.286. The number of rotatable bonds is 6. The van der Waals surface area contributed by atoms with Crippen LogP contribution in [0.4, 0.5) is 0 Å². The molecule has 24 heavy (non-hydrogen) atoms. The van der Waals surface area contributed by atoms with Crippen LogP contribution < -0.4 is 4.46 Å². The summed E-state index contributed by atoms with van der Waals surface area (Å²) in [7, 11) is 0. The van der Waals surface area contributed by atoms with Crippen LogP contribution in [0.3, 0.4) is 0 Å². The van der Waals surface area contributed by atoms with Crippen LogP contribution in [0.25, 0.3) is 6.08 Å². The van der Waals surface area contributed by atoms with Gasteiger partial charge in [0.1, 0.15) is 0 Å². The van der Waals surface area contributed by atoms with E-state index in [4.69, 9.17) is 9.73 Å². The zero-order chi connectivity index (χ0) is 16.8. The molecule has 0 bridgehead atoms. The average Bonchev–Trinajstić information content (AvgIpc) is 3.10. The molecule has 2 nitrogen and oxygen atoms in total. The Morgan fingerprint density at radius 2 is 1.88 bits per heavy atom. The molecule has 1 aliphatic heterocycles. The number of ether oxygens (including phenoxy) is 1. The summed E-state index contributed by atoms with van der Waals surface area (Å²) in [5.41, 5.74) is 2.43. The number of allylic oxidation sites excluding steroid dienone is 1. The van der Waals surface area contributed by atoms with E-state index in [9.17, 15) is 0 Å². The third-order valence-electron chi connectivity index (χ3n) is 4.01. The molecule has 0 radical (unpaired) electrons. The van der Waals surface area contributed by atoms with Crippen molar-refractivity contribution in [3.8, 4) is 0 Å². The van der Waals surface area contributed by atoms with Crippen molar-refractivity contribution in [2.24, 2.45) is 10.9 Å². The monoisotopic (exact) mass is 385 g/mol. The van der Waals surface area contributed by atoms with Gasteiger partial charge in [-0.3, -0.25) is 0 Å². The van der Waals surface area contributed by atoms with E-state index < -0.39 is 0 Å². The van der Waals surface area contributed by atoms with Crippen molar-refractivity contribution < 1.29 is 4.74 Å². The molecular weight excluding hydrogens is 361 g/mol. The van der Waals surface area contributed by atoms with Crippen LogP contribution in [0.15, 0.2) is 65.7 Å². The zero-order valence-corrected chi connectivity index (χ0v) is 15.9. The molecule has 124 valence electrons. The second-order valence-corrected chi connectivity index (χ2v) is 8.40. The van der Waals surface area contributed by atoms with Crippen molar-refractivity contribution in [2.75, 3.05) is 6.61 Å². The first-order chi connectivity index (χ1) is 11.7. The van der Waals surface area contributed by atoms with Crippen LogP contribution >= 0.6 is 0 Å². The standard InChI is InChI=1S/C21H23NOSe/c1-16(2)19-15-23-21(22-19)18-12-6-7-13-20(18)24-14-8-11-17-9-4-3-5-10-17/h3-13,16,19H,14-15H2,1-2H3/b11-8+/t19-/m0/s1. The summed E-state index contributed by atoms with van der Waals surface area (Å²) in [6.07, 6.45) is 4.46. The van der Waals surface area contributed by atoms with E-state index in [0.29, 0.717) is 33.5 Å². The molecule has 0 saturated carbocycles. The molecule has 0 amide bonds. The van der Waals surface area contributed by atoms with Crippen LogP contribution in [0.1, 0.15) is 25.0 Å². The minimum atomic E-state index is 0.290. The van der Waals surface area contributed by atoms with Crippen LogP contribution in [0, 0.1) is 5.92 Å². The van der Waals surface area contributed by atoms with Gasteiger partial charge in [-0.2, -0.15) is 0 Å². The predicted molar refractivity (Wildman–Crippen MR) is 103 cm³/mol. The fourth-order valence-corrected chi connectivity index (χ4v) is 4.33. The molecule has 3 rings (SSSR count). The number of nitrogens with zero attached hydrogens (tertiary/aromatic N) is 1. The van der Waals surface area contributed by atoms with Gasteiger partial charge in [0, 0.05) is 0 Å². The van der Waals surface area contributed by atoms with Crippen molar-refractivity contribution in [3.05, 3.63) is 71.8 Å². The van der Waals surface area contributed by atoms with Gasteiger partial charge in [-0.25, -0.2) is 0 Å². The van der Waals surface area contributed by atoms with Gasteiger partial charge in [0.05, 0.1) is 0 Å². The first-order valence-electron chi connectivity index (χ1n) is 8.38. The molecular formula is C21H23NOSe. The van der Waals surface area contributed by atoms with Gasteiger partial charge >= 0.3 is 151 Å². The van der Waals surface area contributed by atoms with Gasteiger partial charge in [0.15, 0.2) is 0 Å². The van der Waals surface area contributed by atoms with E-state index in [2.05, 4.69) is 74.5 Å². The van der Waals surface area contributed by atoms with Crippen molar-refractivity contribution in [2.45, 2.75) is 25.2 Å². The van der Waals surface area contributed by atoms with E-state index in [1.54, 1.807) is 0 Å². The third kappa shape index (κ3) is 4.37.